The molecule has 1 fully saturated rings. The van der Waals surface area contributed by atoms with Crippen molar-refractivity contribution >= 4 is 58.1 Å². The molecule has 2 N–H and O–H groups in total. The molecule has 3 heterocycles. The maximum Gasteiger partial charge on any atom is 0.227 e. The van der Waals surface area contributed by atoms with Crippen LogP contribution in [0.1, 0.15) is 19.3 Å². The summed E-state index contributed by atoms with van der Waals surface area (Å²) in [5, 5.41) is 2.09. The lowest BCUT2D eigenvalue weighted by Crippen LogP contribution is -2.37. The van der Waals surface area contributed by atoms with Crippen LogP contribution in [-0.4, -0.2) is 56.4 Å². The molecular weight excluding hydrogens is 381 g/mol. The molecule has 1 aliphatic heterocycles. The molecule has 3 rings (SSSR count). The van der Waals surface area contributed by atoms with Gasteiger partial charge < -0.3 is 20.3 Å². The highest BCUT2D eigenvalue weighted by atomic mass is 35.5. The first-order valence-electron chi connectivity index (χ1n) is 8.28. The Morgan fingerprint density at radius 1 is 1.20 bits per heavy atom. The lowest BCUT2D eigenvalue weighted by molar-refractivity contribution is 0.122. The van der Waals surface area contributed by atoms with Crippen LogP contribution >= 0.6 is 36.2 Å². The zero-order chi connectivity index (χ0) is 16.1. The molecule has 2 aromatic rings. The van der Waals surface area contributed by atoms with Gasteiger partial charge >= 0.3 is 0 Å². The van der Waals surface area contributed by atoms with Crippen LogP contribution in [-0.2, 0) is 4.74 Å². The molecule has 0 unspecified atom stereocenters. The van der Waals surface area contributed by atoms with Gasteiger partial charge in [0.25, 0.3) is 0 Å². The topological polar surface area (TPSA) is 67.5 Å². The number of thiophene rings is 1. The molecule has 0 spiro atoms. The van der Waals surface area contributed by atoms with Crippen LogP contribution < -0.4 is 15.5 Å². The first-order chi connectivity index (χ1) is 11.3. The number of hydrogen-bond acceptors (Lipinski definition) is 7. The first kappa shape index (κ1) is 22.2. The van der Waals surface area contributed by atoms with Gasteiger partial charge in [0.05, 0.1) is 23.4 Å². The number of nitrogens with two attached hydrogens (primary N) is 1. The lowest BCUT2D eigenvalue weighted by atomic mass is 10.2. The third kappa shape index (κ3) is 5.56. The zero-order valence-electron chi connectivity index (χ0n) is 14.5. The average Bonchev–Trinajstić information content (AvgIpc) is 3.07. The molecule has 0 atom stereocenters. The summed E-state index contributed by atoms with van der Waals surface area (Å²) in [5.74, 6) is 1.86. The molecule has 142 valence electrons. The quantitative estimate of drug-likeness (QED) is 0.711. The van der Waals surface area contributed by atoms with Gasteiger partial charge in [0.1, 0.15) is 0 Å². The third-order valence-electron chi connectivity index (χ3n) is 4.12. The standard InChI is InChI=1S/C16H25N5OS.2ClH/c1-20(7-4-2-3-6-17)16-18-13-5-12-23-14(13)15(19-16)21-8-10-22-11-9-21;;/h5,12H,2-4,6-11,17H2,1H3;2*1H. The second-order valence-electron chi connectivity index (χ2n) is 5.85. The predicted octanol–water partition coefficient (Wildman–Crippen LogP) is 2.94. The van der Waals surface area contributed by atoms with Crippen LogP contribution in [0.3, 0.4) is 0 Å². The normalized spacial score (nSPS) is 14.1. The fourth-order valence-electron chi connectivity index (χ4n) is 2.77. The Balaban J connectivity index is 0.00000156. The van der Waals surface area contributed by atoms with E-state index in [1.54, 1.807) is 11.3 Å². The number of aromatic nitrogens is 2. The van der Waals surface area contributed by atoms with E-state index < -0.39 is 0 Å². The van der Waals surface area contributed by atoms with E-state index in [2.05, 4.69) is 28.3 Å². The first-order valence-corrected chi connectivity index (χ1v) is 9.16. The van der Waals surface area contributed by atoms with Gasteiger partial charge in [-0.2, -0.15) is 4.98 Å². The molecule has 0 saturated carbocycles. The largest absolute Gasteiger partial charge is 0.378 e. The summed E-state index contributed by atoms with van der Waals surface area (Å²) in [4.78, 5) is 14.1. The Morgan fingerprint density at radius 2 is 1.96 bits per heavy atom. The van der Waals surface area contributed by atoms with Gasteiger partial charge in [-0.1, -0.05) is 6.42 Å². The van der Waals surface area contributed by atoms with E-state index in [1.807, 2.05) is 0 Å². The van der Waals surface area contributed by atoms with Crippen LogP contribution in [0.25, 0.3) is 10.2 Å². The van der Waals surface area contributed by atoms with Crippen molar-refractivity contribution < 1.29 is 4.74 Å². The molecule has 0 aromatic carbocycles. The highest BCUT2D eigenvalue weighted by molar-refractivity contribution is 7.17. The van der Waals surface area contributed by atoms with Gasteiger partial charge in [-0.15, -0.1) is 36.2 Å². The molecular formula is C16H27Cl2N5OS. The fourth-order valence-corrected chi connectivity index (χ4v) is 3.61. The summed E-state index contributed by atoms with van der Waals surface area (Å²) in [6.45, 7) is 5.04. The van der Waals surface area contributed by atoms with Gasteiger partial charge in [-0.3, -0.25) is 0 Å². The monoisotopic (exact) mass is 407 g/mol. The van der Waals surface area contributed by atoms with Crippen molar-refractivity contribution in [1.82, 2.24) is 9.97 Å². The smallest absolute Gasteiger partial charge is 0.227 e. The van der Waals surface area contributed by atoms with Crippen LogP contribution in [0.4, 0.5) is 11.8 Å². The number of fused-ring (bicyclic) bond motifs is 1. The number of unbranched alkanes of at least 4 members (excludes halogenated alkanes) is 2. The summed E-state index contributed by atoms with van der Waals surface area (Å²) < 4.78 is 6.64. The third-order valence-corrected chi connectivity index (χ3v) is 5.02. The van der Waals surface area contributed by atoms with Gasteiger partial charge in [-0.05, 0) is 30.8 Å². The molecule has 2 aromatic heterocycles. The maximum atomic E-state index is 5.56. The summed E-state index contributed by atoms with van der Waals surface area (Å²) in [5.41, 5.74) is 6.59. The minimum atomic E-state index is 0. The van der Waals surface area contributed by atoms with Gasteiger partial charge in [0.15, 0.2) is 5.82 Å². The van der Waals surface area contributed by atoms with Crippen LogP contribution in [0.15, 0.2) is 11.4 Å². The number of halogens is 2. The van der Waals surface area contributed by atoms with Crippen LogP contribution in [0.2, 0.25) is 0 Å². The molecule has 0 bridgehead atoms. The highest BCUT2D eigenvalue weighted by Crippen LogP contribution is 2.31. The summed E-state index contributed by atoms with van der Waals surface area (Å²) >= 11 is 1.71. The lowest BCUT2D eigenvalue weighted by Gasteiger charge is -2.29. The average molecular weight is 408 g/mol. The predicted molar refractivity (Wildman–Crippen MR) is 111 cm³/mol. The van der Waals surface area contributed by atoms with E-state index in [-0.39, 0.29) is 24.8 Å². The molecule has 1 saturated heterocycles. The van der Waals surface area contributed by atoms with E-state index in [0.29, 0.717) is 0 Å². The Kier molecular flexibility index (Phi) is 9.74. The SMILES string of the molecule is CN(CCCCCN)c1nc(N2CCOCC2)c2sccc2n1.Cl.Cl. The second kappa shape index (κ2) is 11.0. The van der Waals surface area contributed by atoms with Crippen molar-refractivity contribution in [2.75, 3.05) is 56.2 Å². The van der Waals surface area contributed by atoms with Crippen molar-refractivity contribution in [1.29, 1.82) is 0 Å². The summed E-state index contributed by atoms with van der Waals surface area (Å²) in [6, 6.07) is 2.08. The van der Waals surface area contributed by atoms with Crippen molar-refractivity contribution in [3.05, 3.63) is 11.4 Å². The van der Waals surface area contributed by atoms with Crippen molar-refractivity contribution in [3.63, 3.8) is 0 Å². The zero-order valence-corrected chi connectivity index (χ0v) is 17.0. The molecule has 0 radical (unpaired) electrons. The van der Waals surface area contributed by atoms with Crippen molar-refractivity contribution in [3.8, 4) is 0 Å². The Labute approximate surface area is 165 Å². The van der Waals surface area contributed by atoms with E-state index in [9.17, 15) is 0 Å². The minimum absolute atomic E-state index is 0. The number of hydrogen-bond donors (Lipinski definition) is 1. The Bertz CT molecular complexity index is 636. The Morgan fingerprint density at radius 3 is 2.68 bits per heavy atom. The van der Waals surface area contributed by atoms with Crippen LogP contribution in [0, 0.1) is 0 Å². The van der Waals surface area contributed by atoms with Gasteiger partial charge in [0, 0.05) is 26.7 Å². The number of nitrogens with zero attached hydrogens (tertiary/aromatic N) is 4. The fraction of sp³-hybridized carbons (Fsp3) is 0.625. The molecule has 1 aliphatic rings. The van der Waals surface area contributed by atoms with E-state index in [1.165, 1.54) is 4.70 Å². The van der Waals surface area contributed by atoms with Gasteiger partial charge in [-0.25, -0.2) is 4.98 Å². The highest BCUT2D eigenvalue weighted by Gasteiger charge is 2.19. The summed E-state index contributed by atoms with van der Waals surface area (Å²) in [6.07, 6.45) is 3.35. The van der Waals surface area contributed by atoms with E-state index >= 15 is 0 Å². The number of ether oxygens (including phenoxy) is 1. The molecule has 0 aliphatic carbocycles. The summed E-state index contributed by atoms with van der Waals surface area (Å²) in [7, 11) is 2.07. The maximum absolute atomic E-state index is 5.56. The number of anilines is 2. The molecule has 6 nitrogen and oxygen atoms in total. The second-order valence-corrected chi connectivity index (χ2v) is 6.77. The molecule has 25 heavy (non-hydrogen) atoms. The number of rotatable bonds is 7. The van der Waals surface area contributed by atoms with Gasteiger partial charge in [0.2, 0.25) is 5.95 Å². The Hall–Kier alpha value is -0.860. The van der Waals surface area contributed by atoms with Crippen molar-refractivity contribution in [2.45, 2.75) is 19.3 Å². The number of morpholine rings is 1. The minimum Gasteiger partial charge on any atom is -0.378 e. The van der Waals surface area contributed by atoms with E-state index in [4.69, 9.17) is 20.4 Å². The molecule has 0 amide bonds. The molecule has 9 heteroatoms. The van der Waals surface area contributed by atoms with Crippen molar-refractivity contribution in [2.24, 2.45) is 5.73 Å². The van der Waals surface area contributed by atoms with Crippen LogP contribution in [0.5, 0.6) is 0 Å². The van der Waals surface area contributed by atoms with E-state index in [0.717, 1.165) is 75.9 Å².